The fourth-order valence-corrected chi connectivity index (χ4v) is 8.52. The molecule has 7 heteroatoms. The molecule has 1 unspecified atom stereocenters. The Bertz CT molecular complexity index is 1040. The Hall–Kier alpha value is -1.76. The molecule has 0 aliphatic heterocycles. The van der Waals surface area contributed by atoms with E-state index in [2.05, 4.69) is 88.9 Å². The zero-order chi connectivity index (χ0) is 24.8. The number of hydrogen-bond donors (Lipinski definition) is 0. The van der Waals surface area contributed by atoms with E-state index in [1.807, 2.05) is 42.7 Å². The molecule has 0 amide bonds. The van der Waals surface area contributed by atoms with Gasteiger partial charge in [0, 0.05) is 37.2 Å². The van der Waals surface area contributed by atoms with E-state index in [9.17, 15) is 0 Å². The van der Waals surface area contributed by atoms with Gasteiger partial charge in [0.15, 0.2) is 0 Å². The molecular weight excluding hydrogens is 510 g/mol. The maximum absolute atomic E-state index is 4.66. The van der Waals surface area contributed by atoms with Crippen molar-refractivity contribution in [2.24, 2.45) is 0 Å². The van der Waals surface area contributed by atoms with Crippen LogP contribution in [0.3, 0.4) is 0 Å². The van der Waals surface area contributed by atoms with Crippen LogP contribution in [-0.2, 0) is 28.4 Å². The van der Waals surface area contributed by atoms with Crippen LogP contribution >= 0.6 is 17.2 Å². The third-order valence-corrected chi connectivity index (χ3v) is 10.6. The number of hydrogen-bond acceptors (Lipinski definition) is 4. The van der Waals surface area contributed by atoms with Crippen LogP contribution < -0.4 is 0 Å². The molecule has 0 radical (unpaired) electrons. The normalized spacial score (nSPS) is 12.0. The van der Waals surface area contributed by atoms with Gasteiger partial charge in [-0.05, 0) is 10.3 Å². The SMILES string of the molecule is CC(C)(C)P(Cc1cc[cH-]c1C(P)(c1cnccn1)c1cnccn1)C(C)(C)C.[Fe+2].c1cc[cH-]c1. The Kier molecular flexibility index (Phi) is 10.5. The Morgan fingerprint density at radius 2 is 1.31 bits per heavy atom. The van der Waals surface area contributed by atoms with Crippen molar-refractivity contribution in [3.63, 3.8) is 0 Å². The Labute approximate surface area is 225 Å². The summed E-state index contributed by atoms with van der Waals surface area (Å²) in [6, 6.07) is 16.6. The van der Waals surface area contributed by atoms with E-state index < -0.39 is 5.16 Å². The fourth-order valence-electron chi connectivity index (χ4n) is 4.36. The first kappa shape index (κ1) is 29.5. The van der Waals surface area contributed by atoms with Crippen molar-refractivity contribution in [3.05, 3.63) is 108 Å². The van der Waals surface area contributed by atoms with Crippen LogP contribution in [0.15, 0.2) is 85.7 Å². The molecule has 35 heavy (non-hydrogen) atoms. The predicted octanol–water partition coefficient (Wildman–Crippen LogP) is 7.13. The average Bonchev–Trinajstić information content (AvgIpc) is 3.52. The summed E-state index contributed by atoms with van der Waals surface area (Å²) in [5.74, 6) is 0. The summed E-state index contributed by atoms with van der Waals surface area (Å²) in [7, 11) is 2.73. The first-order chi connectivity index (χ1) is 16.0. The number of nitrogens with zero attached hydrogens (tertiary/aromatic N) is 4. The first-order valence-corrected chi connectivity index (χ1v) is 13.7. The molecule has 2 aromatic heterocycles. The van der Waals surface area contributed by atoms with Gasteiger partial charge in [0.2, 0.25) is 0 Å². The van der Waals surface area contributed by atoms with Gasteiger partial charge in [-0.2, -0.15) is 35.9 Å². The summed E-state index contributed by atoms with van der Waals surface area (Å²) < 4.78 is 0. The van der Waals surface area contributed by atoms with Crippen molar-refractivity contribution < 1.29 is 17.1 Å². The second-order valence-electron chi connectivity index (χ2n) is 10.3. The van der Waals surface area contributed by atoms with Gasteiger partial charge < -0.3 is 0 Å². The summed E-state index contributed by atoms with van der Waals surface area (Å²) in [6.45, 7) is 14.2. The zero-order valence-electron chi connectivity index (χ0n) is 21.5. The molecule has 0 bridgehead atoms. The molecule has 4 rings (SSSR count). The molecule has 4 aromatic rings. The van der Waals surface area contributed by atoms with Gasteiger partial charge in [0.25, 0.3) is 0 Å². The second kappa shape index (κ2) is 12.5. The molecule has 0 spiro atoms. The van der Waals surface area contributed by atoms with Gasteiger partial charge >= 0.3 is 17.1 Å². The monoisotopic (exact) mass is 546 g/mol. The van der Waals surface area contributed by atoms with Crippen molar-refractivity contribution in [2.45, 2.75) is 63.2 Å². The van der Waals surface area contributed by atoms with Crippen LogP contribution in [0.2, 0.25) is 0 Å². The molecule has 0 saturated heterocycles. The van der Waals surface area contributed by atoms with Gasteiger partial charge in [0.05, 0.1) is 16.5 Å². The van der Waals surface area contributed by atoms with E-state index >= 15 is 0 Å². The quantitative estimate of drug-likeness (QED) is 0.152. The summed E-state index contributed by atoms with van der Waals surface area (Å²) in [6.07, 6.45) is 11.6. The summed E-state index contributed by atoms with van der Waals surface area (Å²) >= 11 is 0. The first-order valence-electron chi connectivity index (χ1n) is 11.6. The van der Waals surface area contributed by atoms with Gasteiger partial charge in [-0.1, -0.05) is 47.7 Å². The molecule has 2 aromatic carbocycles. The standard InChI is InChI=1S/C23H31N4P2.C5H5.Fe/c1-21(2,3)29(22(4,5)6)16-17-8-7-9-18(17)23(28,19-14-24-10-12-26-19)20-15-25-11-13-27-20;1-2-4-5-3-1;/h7-15H,16,28H2,1-6H3;1-5H;/q2*-1;+2. The molecule has 0 aliphatic carbocycles. The maximum atomic E-state index is 4.66. The molecule has 4 nitrogen and oxygen atoms in total. The third kappa shape index (κ3) is 7.37. The molecule has 0 saturated carbocycles. The van der Waals surface area contributed by atoms with E-state index in [-0.39, 0.29) is 35.3 Å². The summed E-state index contributed by atoms with van der Waals surface area (Å²) in [5, 5.41) is -0.0757. The van der Waals surface area contributed by atoms with E-state index in [4.69, 9.17) is 0 Å². The van der Waals surface area contributed by atoms with Crippen molar-refractivity contribution in [3.8, 4) is 0 Å². The van der Waals surface area contributed by atoms with Gasteiger partial charge in [-0.15, -0.1) is 22.7 Å². The minimum absolute atomic E-state index is 0. The number of rotatable bonds is 5. The maximum Gasteiger partial charge on any atom is 2.00 e. The molecule has 0 aliphatic rings. The summed E-state index contributed by atoms with van der Waals surface area (Å²) in [4.78, 5) is 18.0. The van der Waals surface area contributed by atoms with Crippen molar-refractivity contribution in [1.29, 1.82) is 0 Å². The zero-order valence-corrected chi connectivity index (χ0v) is 24.6. The fraction of sp³-hybridized carbons (Fsp3) is 0.357. The van der Waals surface area contributed by atoms with Gasteiger partial charge in [-0.25, -0.2) is 18.2 Å². The minimum Gasteiger partial charge on any atom is -0.261 e. The van der Waals surface area contributed by atoms with Crippen molar-refractivity contribution in [2.75, 3.05) is 0 Å². The topological polar surface area (TPSA) is 51.6 Å². The van der Waals surface area contributed by atoms with Crippen molar-refractivity contribution in [1.82, 2.24) is 19.9 Å². The minimum atomic E-state index is -0.585. The van der Waals surface area contributed by atoms with E-state index in [0.717, 1.165) is 17.5 Å². The predicted molar refractivity (Wildman–Crippen MR) is 148 cm³/mol. The molecule has 2 heterocycles. The average molecular weight is 546 g/mol. The Morgan fingerprint density at radius 3 is 1.69 bits per heavy atom. The smallest absolute Gasteiger partial charge is 0.261 e. The van der Waals surface area contributed by atoms with Crippen LogP contribution in [0.25, 0.3) is 0 Å². The Balaban J connectivity index is 0.000000640. The Morgan fingerprint density at radius 1 is 0.800 bits per heavy atom. The molecular formula is C28H36FeN4P2. The van der Waals surface area contributed by atoms with Crippen LogP contribution in [0.4, 0.5) is 0 Å². The molecule has 0 N–H and O–H groups in total. The third-order valence-electron chi connectivity index (χ3n) is 5.77. The molecule has 186 valence electrons. The van der Waals surface area contributed by atoms with E-state index in [1.165, 1.54) is 11.1 Å². The van der Waals surface area contributed by atoms with Crippen LogP contribution in [0, 0.1) is 0 Å². The van der Waals surface area contributed by atoms with Crippen LogP contribution in [0.1, 0.15) is 64.1 Å². The second-order valence-corrected chi connectivity index (χ2v) is 15.1. The van der Waals surface area contributed by atoms with Crippen molar-refractivity contribution >= 4 is 17.2 Å². The van der Waals surface area contributed by atoms with E-state index in [0.29, 0.717) is 0 Å². The largest absolute Gasteiger partial charge is 2.00 e. The number of aromatic nitrogens is 4. The molecule has 1 atom stereocenters. The van der Waals surface area contributed by atoms with Crippen LogP contribution in [0.5, 0.6) is 0 Å². The van der Waals surface area contributed by atoms with Gasteiger partial charge in [-0.3, -0.25) is 19.9 Å². The summed E-state index contributed by atoms with van der Waals surface area (Å²) in [5.41, 5.74) is 4.28. The van der Waals surface area contributed by atoms with E-state index in [1.54, 1.807) is 24.8 Å². The molecule has 0 fully saturated rings. The van der Waals surface area contributed by atoms with Crippen LogP contribution in [-0.4, -0.2) is 30.2 Å². The van der Waals surface area contributed by atoms with Gasteiger partial charge in [0.1, 0.15) is 0 Å².